The van der Waals surface area contributed by atoms with E-state index in [0.29, 0.717) is 24.4 Å². The van der Waals surface area contributed by atoms with Crippen molar-refractivity contribution in [1.82, 2.24) is 5.32 Å². The van der Waals surface area contributed by atoms with Gasteiger partial charge in [0.1, 0.15) is 0 Å². The van der Waals surface area contributed by atoms with Gasteiger partial charge in [-0.05, 0) is 42.3 Å². The molecule has 1 unspecified atom stereocenters. The molecule has 0 radical (unpaired) electrons. The van der Waals surface area contributed by atoms with Crippen molar-refractivity contribution in [2.45, 2.75) is 33.1 Å². The Morgan fingerprint density at radius 3 is 2.60 bits per heavy atom. The summed E-state index contributed by atoms with van der Waals surface area (Å²) in [5.74, 6) is -0.413. The molecule has 1 aromatic heterocycles. The van der Waals surface area contributed by atoms with E-state index < -0.39 is 5.97 Å². The summed E-state index contributed by atoms with van der Waals surface area (Å²) in [7, 11) is 0. The molecule has 1 atom stereocenters. The van der Waals surface area contributed by atoms with Gasteiger partial charge >= 0.3 is 5.97 Å². The summed E-state index contributed by atoms with van der Waals surface area (Å²) < 4.78 is 4.86. The lowest BCUT2D eigenvalue weighted by Crippen LogP contribution is -2.27. The molecule has 0 saturated heterocycles. The zero-order valence-corrected chi connectivity index (χ0v) is 12.4. The topological polar surface area (TPSA) is 79.5 Å². The number of amides is 1. The molecular weight excluding hydrogens is 282 g/mol. The van der Waals surface area contributed by atoms with Crippen LogP contribution < -0.4 is 5.32 Å². The minimum absolute atomic E-state index is 0.0776. The van der Waals surface area contributed by atoms with Crippen LogP contribution in [0.4, 0.5) is 0 Å². The predicted molar refractivity (Wildman–Crippen MR) is 75.9 cm³/mol. The van der Waals surface area contributed by atoms with Gasteiger partial charge in [-0.1, -0.05) is 13.8 Å². The quantitative estimate of drug-likeness (QED) is 0.773. The van der Waals surface area contributed by atoms with Crippen molar-refractivity contribution >= 4 is 23.5 Å². The number of rotatable bonds is 8. The van der Waals surface area contributed by atoms with Crippen LogP contribution in [0.15, 0.2) is 16.7 Å². The van der Waals surface area contributed by atoms with Crippen LogP contribution in [0.5, 0.6) is 0 Å². The summed E-state index contributed by atoms with van der Waals surface area (Å²) in [5, 5.41) is 11.6. The number of carboxylic acid groups (broad SMARTS) is 1. The first-order valence-corrected chi connectivity index (χ1v) is 7.02. The van der Waals surface area contributed by atoms with Gasteiger partial charge in [0.15, 0.2) is 0 Å². The smallest absolute Gasteiger partial charge is 0.303 e. The Labute approximate surface area is 123 Å². The van der Waals surface area contributed by atoms with E-state index in [2.05, 4.69) is 19.2 Å². The van der Waals surface area contributed by atoms with Crippen molar-refractivity contribution in [1.29, 1.82) is 0 Å². The zero-order valence-electron chi connectivity index (χ0n) is 11.7. The lowest BCUT2D eigenvalue weighted by atomic mass is 9.88. The third-order valence-corrected chi connectivity index (χ3v) is 3.63. The monoisotopic (exact) mass is 301 g/mol. The molecule has 20 heavy (non-hydrogen) atoms. The number of carbonyl (C=O) groups excluding carboxylic acids is 1. The van der Waals surface area contributed by atoms with Gasteiger partial charge in [0.2, 0.25) is 5.22 Å². The normalized spacial score (nSPS) is 12.4. The Hall–Kier alpha value is -1.49. The third kappa shape index (κ3) is 5.25. The molecule has 0 aliphatic heterocycles. The van der Waals surface area contributed by atoms with Crippen molar-refractivity contribution in [3.63, 3.8) is 0 Å². The van der Waals surface area contributed by atoms with E-state index in [1.165, 1.54) is 12.3 Å². The van der Waals surface area contributed by atoms with Crippen LogP contribution in [-0.2, 0) is 4.79 Å². The molecule has 1 heterocycles. The Morgan fingerprint density at radius 2 is 2.10 bits per heavy atom. The summed E-state index contributed by atoms with van der Waals surface area (Å²) in [5.41, 5.74) is 0.318. The number of carboxylic acids is 1. The first-order chi connectivity index (χ1) is 9.41. The SMILES string of the molecule is CC(C)C(CCNC(=O)c1ccoc1Cl)CCC(=O)O. The fraction of sp³-hybridized carbons (Fsp3) is 0.571. The maximum absolute atomic E-state index is 11.8. The van der Waals surface area contributed by atoms with E-state index in [1.54, 1.807) is 0 Å². The fourth-order valence-electron chi connectivity index (χ4n) is 2.04. The standard InChI is InChI=1S/C14H20ClNO4/c1-9(2)10(3-4-12(17)18)5-7-16-14(19)11-6-8-20-13(11)15/h6,8-10H,3-5,7H2,1-2H3,(H,16,19)(H,17,18). The minimum atomic E-state index is -0.787. The Morgan fingerprint density at radius 1 is 1.40 bits per heavy atom. The van der Waals surface area contributed by atoms with Gasteiger partial charge in [0.25, 0.3) is 5.91 Å². The molecular formula is C14H20ClNO4. The molecule has 0 saturated carbocycles. The first-order valence-electron chi connectivity index (χ1n) is 6.64. The number of aliphatic carboxylic acids is 1. The van der Waals surface area contributed by atoms with Crippen molar-refractivity contribution < 1.29 is 19.1 Å². The zero-order chi connectivity index (χ0) is 15.1. The highest BCUT2D eigenvalue weighted by atomic mass is 35.5. The average Bonchev–Trinajstić information content (AvgIpc) is 2.78. The molecule has 112 valence electrons. The first kappa shape index (κ1) is 16.6. The van der Waals surface area contributed by atoms with Crippen LogP contribution in [0.3, 0.4) is 0 Å². The second kappa shape index (κ2) is 7.94. The van der Waals surface area contributed by atoms with E-state index in [-0.39, 0.29) is 23.5 Å². The summed E-state index contributed by atoms with van der Waals surface area (Å²) in [4.78, 5) is 22.4. The summed E-state index contributed by atoms with van der Waals surface area (Å²) in [6, 6.07) is 1.52. The van der Waals surface area contributed by atoms with Crippen LogP contribution in [0, 0.1) is 11.8 Å². The molecule has 0 aliphatic rings. The van der Waals surface area contributed by atoms with E-state index in [9.17, 15) is 9.59 Å². The molecule has 0 aliphatic carbocycles. The van der Waals surface area contributed by atoms with E-state index in [0.717, 1.165) is 6.42 Å². The van der Waals surface area contributed by atoms with Crippen molar-refractivity contribution in [2.24, 2.45) is 11.8 Å². The van der Waals surface area contributed by atoms with Crippen LogP contribution in [0.2, 0.25) is 5.22 Å². The number of furan rings is 1. The molecule has 2 N–H and O–H groups in total. The van der Waals surface area contributed by atoms with Crippen LogP contribution in [-0.4, -0.2) is 23.5 Å². The third-order valence-electron chi connectivity index (χ3n) is 3.34. The number of carbonyl (C=O) groups is 2. The number of halogens is 1. The number of hydrogen-bond donors (Lipinski definition) is 2. The van der Waals surface area contributed by atoms with Gasteiger partial charge in [-0.15, -0.1) is 0 Å². The lowest BCUT2D eigenvalue weighted by Gasteiger charge is -2.20. The van der Waals surface area contributed by atoms with Gasteiger partial charge in [0.05, 0.1) is 11.8 Å². The van der Waals surface area contributed by atoms with E-state index in [1.807, 2.05) is 0 Å². The molecule has 0 aromatic carbocycles. The van der Waals surface area contributed by atoms with Gasteiger partial charge < -0.3 is 14.8 Å². The fourth-order valence-corrected chi connectivity index (χ4v) is 2.24. The summed E-state index contributed by atoms with van der Waals surface area (Å²) in [6.07, 6.45) is 2.88. The number of nitrogens with one attached hydrogen (secondary N) is 1. The lowest BCUT2D eigenvalue weighted by molar-refractivity contribution is -0.137. The second-order valence-electron chi connectivity index (χ2n) is 5.09. The Bertz CT molecular complexity index is 456. The van der Waals surface area contributed by atoms with Gasteiger partial charge in [-0.3, -0.25) is 9.59 Å². The van der Waals surface area contributed by atoms with Crippen molar-refractivity contribution in [3.8, 4) is 0 Å². The average molecular weight is 302 g/mol. The second-order valence-corrected chi connectivity index (χ2v) is 5.43. The minimum Gasteiger partial charge on any atom is -0.481 e. The van der Waals surface area contributed by atoms with Gasteiger partial charge in [-0.2, -0.15) is 0 Å². The van der Waals surface area contributed by atoms with Crippen molar-refractivity contribution in [2.75, 3.05) is 6.54 Å². The van der Waals surface area contributed by atoms with Crippen LogP contribution in [0.1, 0.15) is 43.5 Å². The molecule has 0 fully saturated rings. The summed E-state index contributed by atoms with van der Waals surface area (Å²) in [6.45, 7) is 4.60. The molecule has 1 aromatic rings. The van der Waals surface area contributed by atoms with Crippen LogP contribution >= 0.6 is 11.6 Å². The summed E-state index contributed by atoms with van der Waals surface area (Å²) >= 11 is 5.72. The molecule has 1 rings (SSSR count). The molecule has 0 bridgehead atoms. The Balaban J connectivity index is 2.38. The highest BCUT2D eigenvalue weighted by Gasteiger charge is 2.17. The Kier molecular flexibility index (Phi) is 6.58. The predicted octanol–water partition coefficient (Wildman–Crippen LogP) is 3.19. The van der Waals surface area contributed by atoms with Gasteiger partial charge in [-0.25, -0.2) is 0 Å². The highest BCUT2D eigenvalue weighted by Crippen LogP contribution is 2.21. The number of hydrogen-bond acceptors (Lipinski definition) is 3. The molecule has 0 spiro atoms. The van der Waals surface area contributed by atoms with E-state index in [4.69, 9.17) is 21.1 Å². The van der Waals surface area contributed by atoms with Crippen molar-refractivity contribution in [3.05, 3.63) is 23.1 Å². The maximum atomic E-state index is 11.8. The maximum Gasteiger partial charge on any atom is 0.303 e. The largest absolute Gasteiger partial charge is 0.481 e. The van der Waals surface area contributed by atoms with E-state index >= 15 is 0 Å². The molecule has 6 heteroatoms. The highest BCUT2D eigenvalue weighted by molar-refractivity contribution is 6.32. The van der Waals surface area contributed by atoms with Gasteiger partial charge in [0, 0.05) is 13.0 Å². The van der Waals surface area contributed by atoms with Crippen LogP contribution in [0.25, 0.3) is 0 Å². The molecule has 1 amide bonds. The molecule has 5 nitrogen and oxygen atoms in total.